The van der Waals surface area contributed by atoms with E-state index in [1.165, 1.54) is 4.88 Å². The zero-order valence-corrected chi connectivity index (χ0v) is 14.0. The minimum absolute atomic E-state index is 0.0480. The zero-order chi connectivity index (χ0) is 15.9. The molecule has 0 N–H and O–H groups in total. The Kier molecular flexibility index (Phi) is 3.74. The first-order chi connectivity index (χ1) is 10.5. The Morgan fingerprint density at radius 1 is 1.45 bits per heavy atom. The van der Waals surface area contributed by atoms with Crippen LogP contribution >= 0.6 is 11.3 Å². The molecule has 0 aromatic carbocycles. The molecule has 116 valence electrons. The van der Waals surface area contributed by atoms with E-state index in [4.69, 9.17) is 0 Å². The fourth-order valence-corrected chi connectivity index (χ4v) is 3.30. The number of thiophene rings is 1. The second-order valence-corrected chi connectivity index (χ2v) is 6.53. The van der Waals surface area contributed by atoms with E-state index in [1.54, 1.807) is 25.6 Å². The fraction of sp³-hybridized carbons (Fsp3) is 0.400. The molecule has 0 aliphatic rings. The number of likely N-dealkylation sites (N-methyl/N-ethyl adjacent to an activating group) is 1. The summed E-state index contributed by atoms with van der Waals surface area (Å²) in [5.74, 6) is 0.0480. The van der Waals surface area contributed by atoms with Gasteiger partial charge in [-0.15, -0.1) is 11.3 Å². The van der Waals surface area contributed by atoms with Gasteiger partial charge >= 0.3 is 0 Å². The van der Waals surface area contributed by atoms with E-state index in [0.29, 0.717) is 6.54 Å². The van der Waals surface area contributed by atoms with Crippen LogP contribution in [0.4, 0.5) is 0 Å². The number of amides is 1. The Bertz CT molecular complexity index is 767. The van der Waals surface area contributed by atoms with Gasteiger partial charge in [-0.05, 0) is 25.3 Å². The predicted octanol–water partition coefficient (Wildman–Crippen LogP) is 2.36. The minimum atomic E-state index is -0.336. The molecule has 22 heavy (non-hydrogen) atoms. The summed E-state index contributed by atoms with van der Waals surface area (Å²) in [4.78, 5) is 15.5. The average molecular weight is 317 g/mol. The Morgan fingerprint density at radius 3 is 2.86 bits per heavy atom. The third-order valence-corrected chi connectivity index (χ3v) is 4.67. The van der Waals surface area contributed by atoms with E-state index in [9.17, 15) is 4.79 Å². The number of rotatable bonds is 4. The maximum atomic E-state index is 12.6. The van der Waals surface area contributed by atoms with Crippen molar-refractivity contribution < 1.29 is 4.79 Å². The summed E-state index contributed by atoms with van der Waals surface area (Å²) >= 11 is 1.66. The Labute approximate surface area is 133 Å². The first-order valence-corrected chi connectivity index (χ1v) is 8.01. The first-order valence-electron chi connectivity index (χ1n) is 7.13. The van der Waals surface area contributed by atoms with Crippen molar-refractivity contribution in [3.63, 3.8) is 0 Å². The number of fused-ring (bicyclic) bond motifs is 1. The van der Waals surface area contributed by atoms with Gasteiger partial charge in [-0.1, -0.05) is 6.07 Å². The highest BCUT2D eigenvalue weighted by Crippen LogP contribution is 2.19. The van der Waals surface area contributed by atoms with Crippen molar-refractivity contribution in [1.82, 2.24) is 24.5 Å². The van der Waals surface area contributed by atoms with Gasteiger partial charge in [0.1, 0.15) is 17.1 Å². The smallest absolute Gasteiger partial charge is 0.247 e. The number of carbonyl (C=O) groups excluding carboxylic acids is 1. The standard InChI is InChI=1S/C15H19N5OS/c1-10-14-13(19(4)16-10)9-20(17-14)11(2)15(21)18(3)8-12-6-5-7-22-12/h5-7,9,11H,8H2,1-4H3/t11-/m1/s1. The van der Waals surface area contributed by atoms with Crippen LogP contribution < -0.4 is 0 Å². The second-order valence-electron chi connectivity index (χ2n) is 5.50. The predicted molar refractivity (Wildman–Crippen MR) is 86.7 cm³/mol. The molecule has 0 saturated heterocycles. The van der Waals surface area contributed by atoms with Gasteiger partial charge in [0.15, 0.2) is 0 Å². The average Bonchev–Trinajstić information content (AvgIpc) is 3.18. The zero-order valence-electron chi connectivity index (χ0n) is 13.1. The van der Waals surface area contributed by atoms with E-state index >= 15 is 0 Å². The highest BCUT2D eigenvalue weighted by Gasteiger charge is 2.22. The Morgan fingerprint density at radius 2 is 2.23 bits per heavy atom. The summed E-state index contributed by atoms with van der Waals surface area (Å²) in [6.45, 7) is 4.43. The topological polar surface area (TPSA) is 56.0 Å². The maximum Gasteiger partial charge on any atom is 0.247 e. The Balaban J connectivity index is 1.80. The summed E-state index contributed by atoms with van der Waals surface area (Å²) in [5.41, 5.74) is 2.67. The van der Waals surface area contributed by atoms with Crippen molar-refractivity contribution in [2.45, 2.75) is 26.4 Å². The molecule has 6 nitrogen and oxygen atoms in total. The lowest BCUT2D eigenvalue weighted by atomic mass is 10.3. The molecule has 1 atom stereocenters. The molecule has 0 aliphatic carbocycles. The Hall–Kier alpha value is -2.15. The molecule has 7 heteroatoms. The summed E-state index contributed by atoms with van der Waals surface area (Å²) in [5, 5.41) is 10.9. The molecule has 3 heterocycles. The fourth-order valence-electron chi connectivity index (χ4n) is 2.55. The number of nitrogens with zero attached hydrogens (tertiary/aromatic N) is 5. The van der Waals surface area contributed by atoms with Crippen LogP contribution in [0.5, 0.6) is 0 Å². The van der Waals surface area contributed by atoms with Gasteiger partial charge < -0.3 is 4.90 Å². The van der Waals surface area contributed by atoms with E-state index in [2.05, 4.69) is 10.2 Å². The molecule has 3 rings (SSSR count). The SMILES string of the molecule is Cc1nn(C)c2cn([C@H](C)C(=O)N(C)Cc3cccs3)nc12. The third-order valence-electron chi connectivity index (χ3n) is 3.81. The van der Waals surface area contributed by atoms with Crippen molar-refractivity contribution in [1.29, 1.82) is 0 Å². The lowest BCUT2D eigenvalue weighted by Gasteiger charge is -2.21. The van der Waals surface area contributed by atoms with Crippen LogP contribution in [0.3, 0.4) is 0 Å². The molecule has 0 unspecified atom stereocenters. The van der Waals surface area contributed by atoms with E-state index in [-0.39, 0.29) is 11.9 Å². The number of aromatic nitrogens is 4. The molecule has 3 aromatic heterocycles. The number of aryl methyl sites for hydroxylation is 2. The molecule has 0 bridgehead atoms. The highest BCUT2D eigenvalue weighted by molar-refractivity contribution is 7.09. The molecule has 0 saturated carbocycles. The summed E-state index contributed by atoms with van der Waals surface area (Å²) in [6, 6.07) is 3.70. The van der Waals surface area contributed by atoms with Crippen molar-refractivity contribution in [3.8, 4) is 0 Å². The van der Waals surface area contributed by atoms with Crippen LogP contribution in [0.25, 0.3) is 11.0 Å². The molecule has 0 aliphatic heterocycles. The molecule has 0 fully saturated rings. The normalized spacial score (nSPS) is 12.7. The second kappa shape index (κ2) is 5.57. The van der Waals surface area contributed by atoms with Crippen molar-refractivity contribution in [2.24, 2.45) is 7.05 Å². The third kappa shape index (κ3) is 2.52. The number of hydrogen-bond acceptors (Lipinski definition) is 4. The van der Waals surface area contributed by atoms with Gasteiger partial charge in [0.25, 0.3) is 0 Å². The van der Waals surface area contributed by atoms with Crippen LogP contribution in [-0.4, -0.2) is 37.4 Å². The highest BCUT2D eigenvalue weighted by atomic mass is 32.1. The first kappa shape index (κ1) is 14.8. The maximum absolute atomic E-state index is 12.6. The molecular weight excluding hydrogens is 298 g/mol. The van der Waals surface area contributed by atoms with Crippen LogP contribution in [0.1, 0.15) is 23.5 Å². The van der Waals surface area contributed by atoms with Crippen LogP contribution in [0.2, 0.25) is 0 Å². The monoisotopic (exact) mass is 317 g/mol. The lowest BCUT2D eigenvalue weighted by Crippen LogP contribution is -2.32. The molecule has 1 amide bonds. The van der Waals surface area contributed by atoms with Gasteiger partial charge in [0, 0.05) is 19.0 Å². The van der Waals surface area contributed by atoms with Crippen molar-refractivity contribution >= 4 is 28.3 Å². The van der Waals surface area contributed by atoms with Gasteiger partial charge in [0.05, 0.1) is 18.4 Å². The minimum Gasteiger partial charge on any atom is -0.339 e. The van der Waals surface area contributed by atoms with Crippen molar-refractivity contribution in [3.05, 3.63) is 34.3 Å². The molecule has 0 radical (unpaired) electrons. The summed E-state index contributed by atoms with van der Waals surface area (Å²) in [7, 11) is 3.71. The van der Waals surface area contributed by atoms with Gasteiger partial charge in [0.2, 0.25) is 5.91 Å². The van der Waals surface area contributed by atoms with Crippen LogP contribution in [-0.2, 0) is 18.4 Å². The largest absolute Gasteiger partial charge is 0.339 e. The van der Waals surface area contributed by atoms with Crippen LogP contribution in [0.15, 0.2) is 23.7 Å². The van der Waals surface area contributed by atoms with Gasteiger partial charge in [-0.2, -0.15) is 10.2 Å². The number of hydrogen-bond donors (Lipinski definition) is 0. The number of carbonyl (C=O) groups is 1. The molecule has 0 spiro atoms. The van der Waals surface area contributed by atoms with E-state index < -0.39 is 0 Å². The van der Waals surface area contributed by atoms with Gasteiger partial charge in [-0.3, -0.25) is 14.2 Å². The quantitative estimate of drug-likeness (QED) is 0.742. The van der Waals surface area contributed by atoms with Gasteiger partial charge in [-0.25, -0.2) is 0 Å². The lowest BCUT2D eigenvalue weighted by molar-refractivity contribution is -0.133. The molecular formula is C15H19N5OS. The summed E-state index contributed by atoms with van der Waals surface area (Å²) in [6.07, 6.45) is 1.89. The molecule has 3 aromatic rings. The van der Waals surface area contributed by atoms with Crippen LogP contribution in [0, 0.1) is 6.92 Å². The summed E-state index contributed by atoms with van der Waals surface area (Å²) < 4.78 is 3.52. The van der Waals surface area contributed by atoms with Crippen molar-refractivity contribution in [2.75, 3.05) is 7.05 Å². The van der Waals surface area contributed by atoms with E-state index in [0.717, 1.165) is 16.7 Å². The van der Waals surface area contributed by atoms with E-state index in [1.807, 2.05) is 51.7 Å².